The topological polar surface area (TPSA) is 29.1 Å². The fourth-order valence-electron chi connectivity index (χ4n) is 1.93. The standard InChI is InChI=1S/C17H17Cl2NOS/c18-15-7-6-14(10-16(15)19)11-22-12-17(21)20-9-8-13-4-2-1-3-5-13/h1-7,10H,8-9,11-12H2,(H,20,21). The summed E-state index contributed by atoms with van der Waals surface area (Å²) in [6.45, 7) is 0.663. The van der Waals surface area contributed by atoms with E-state index in [4.69, 9.17) is 23.2 Å². The Morgan fingerprint density at radius 1 is 1.00 bits per heavy atom. The molecule has 1 N–H and O–H groups in total. The molecule has 0 bridgehead atoms. The van der Waals surface area contributed by atoms with Crippen molar-refractivity contribution in [3.05, 3.63) is 69.7 Å². The van der Waals surface area contributed by atoms with Crippen LogP contribution in [-0.4, -0.2) is 18.2 Å². The Labute approximate surface area is 145 Å². The maximum Gasteiger partial charge on any atom is 0.230 e. The minimum absolute atomic E-state index is 0.0565. The number of hydrogen-bond acceptors (Lipinski definition) is 2. The second kappa shape index (κ2) is 9.09. The molecular formula is C17H17Cl2NOS. The van der Waals surface area contributed by atoms with Crippen LogP contribution < -0.4 is 5.32 Å². The van der Waals surface area contributed by atoms with E-state index in [9.17, 15) is 4.79 Å². The molecule has 2 aromatic rings. The smallest absolute Gasteiger partial charge is 0.230 e. The van der Waals surface area contributed by atoms with Crippen LogP contribution in [-0.2, 0) is 17.0 Å². The highest BCUT2D eigenvalue weighted by Crippen LogP contribution is 2.24. The van der Waals surface area contributed by atoms with E-state index in [1.54, 1.807) is 17.8 Å². The molecule has 116 valence electrons. The van der Waals surface area contributed by atoms with Crippen molar-refractivity contribution < 1.29 is 4.79 Å². The molecule has 5 heteroatoms. The van der Waals surface area contributed by atoms with Crippen LogP contribution in [0.25, 0.3) is 0 Å². The third-order valence-corrected chi connectivity index (χ3v) is 4.81. The monoisotopic (exact) mass is 353 g/mol. The van der Waals surface area contributed by atoms with Gasteiger partial charge in [0.15, 0.2) is 0 Å². The number of amides is 1. The highest BCUT2D eigenvalue weighted by molar-refractivity contribution is 7.99. The maximum atomic E-state index is 11.8. The van der Waals surface area contributed by atoms with Crippen LogP contribution in [0.3, 0.4) is 0 Å². The van der Waals surface area contributed by atoms with Crippen molar-refractivity contribution in [3.63, 3.8) is 0 Å². The lowest BCUT2D eigenvalue weighted by molar-refractivity contribution is -0.118. The van der Waals surface area contributed by atoms with E-state index in [0.29, 0.717) is 22.3 Å². The number of carbonyl (C=O) groups is 1. The summed E-state index contributed by atoms with van der Waals surface area (Å²) < 4.78 is 0. The molecule has 0 aliphatic carbocycles. The van der Waals surface area contributed by atoms with Crippen LogP contribution in [0.2, 0.25) is 10.0 Å². The summed E-state index contributed by atoms with van der Waals surface area (Å²) in [5.74, 6) is 1.24. The first-order valence-corrected chi connectivity index (χ1v) is 8.88. The van der Waals surface area contributed by atoms with Gasteiger partial charge in [0.25, 0.3) is 0 Å². The third-order valence-electron chi connectivity index (χ3n) is 3.06. The zero-order valence-electron chi connectivity index (χ0n) is 12.0. The Morgan fingerprint density at radius 3 is 2.50 bits per heavy atom. The molecule has 0 aromatic heterocycles. The van der Waals surface area contributed by atoms with Crippen molar-refractivity contribution in [2.24, 2.45) is 0 Å². The number of nitrogens with one attached hydrogen (secondary N) is 1. The molecule has 0 fully saturated rings. The van der Waals surface area contributed by atoms with Crippen LogP contribution in [0.1, 0.15) is 11.1 Å². The van der Waals surface area contributed by atoms with E-state index in [1.807, 2.05) is 30.3 Å². The molecule has 22 heavy (non-hydrogen) atoms. The van der Waals surface area contributed by atoms with Gasteiger partial charge in [-0.3, -0.25) is 4.79 Å². The second-order valence-corrected chi connectivity index (χ2v) is 6.63. The molecular weight excluding hydrogens is 337 g/mol. The van der Waals surface area contributed by atoms with Gasteiger partial charge >= 0.3 is 0 Å². The minimum Gasteiger partial charge on any atom is -0.355 e. The SMILES string of the molecule is O=C(CSCc1ccc(Cl)c(Cl)c1)NCCc1ccccc1. The Morgan fingerprint density at radius 2 is 1.77 bits per heavy atom. The first-order chi connectivity index (χ1) is 10.6. The first kappa shape index (κ1) is 17.2. The zero-order chi connectivity index (χ0) is 15.8. The van der Waals surface area contributed by atoms with Gasteiger partial charge < -0.3 is 5.32 Å². The second-order valence-electron chi connectivity index (χ2n) is 4.83. The van der Waals surface area contributed by atoms with Crippen LogP contribution in [0, 0.1) is 0 Å². The minimum atomic E-state index is 0.0565. The Balaban J connectivity index is 1.64. The average Bonchev–Trinajstić information content (AvgIpc) is 2.52. The molecule has 2 aromatic carbocycles. The van der Waals surface area contributed by atoms with Crippen molar-refractivity contribution >= 4 is 40.9 Å². The Hall–Kier alpha value is -1.16. The van der Waals surface area contributed by atoms with E-state index in [1.165, 1.54) is 5.56 Å². The van der Waals surface area contributed by atoms with Crippen LogP contribution >= 0.6 is 35.0 Å². The maximum absolute atomic E-state index is 11.8. The molecule has 0 saturated heterocycles. The number of hydrogen-bond donors (Lipinski definition) is 1. The molecule has 0 aliphatic heterocycles. The molecule has 1 amide bonds. The predicted octanol–water partition coefficient (Wildman–Crippen LogP) is 4.59. The van der Waals surface area contributed by atoms with Crippen molar-refractivity contribution in [2.45, 2.75) is 12.2 Å². The summed E-state index contributed by atoms with van der Waals surface area (Å²) in [5, 5.41) is 4.03. The summed E-state index contributed by atoms with van der Waals surface area (Å²) in [6.07, 6.45) is 0.851. The molecule has 2 rings (SSSR count). The summed E-state index contributed by atoms with van der Waals surface area (Å²) in [6, 6.07) is 15.7. The van der Waals surface area contributed by atoms with Crippen LogP contribution in [0.5, 0.6) is 0 Å². The molecule has 0 atom stereocenters. The quantitative estimate of drug-likeness (QED) is 0.788. The normalized spacial score (nSPS) is 10.5. The summed E-state index contributed by atoms with van der Waals surface area (Å²) in [4.78, 5) is 11.8. The Bertz CT molecular complexity index is 619. The number of thioether (sulfide) groups is 1. The molecule has 0 aliphatic rings. The summed E-state index contributed by atoms with van der Waals surface area (Å²) in [7, 11) is 0. The average molecular weight is 354 g/mol. The molecule has 0 heterocycles. The van der Waals surface area contributed by atoms with Crippen LogP contribution in [0.4, 0.5) is 0 Å². The Kier molecular flexibility index (Phi) is 7.10. The highest BCUT2D eigenvalue weighted by atomic mass is 35.5. The van der Waals surface area contributed by atoms with Crippen molar-refractivity contribution in [2.75, 3.05) is 12.3 Å². The molecule has 0 radical (unpaired) electrons. The van der Waals surface area contributed by atoms with Gasteiger partial charge in [-0.2, -0.15) is 0 Å². The number of carbonyl (C=O) groups excluding carboxylic acids is 1. The van der Waals surface area contributed by atoms with Gasteiger partial charge in [0.05, 0.1) is 15.8 Å². The van der Waals surface area contributed by atoms with Gasteiger partial charge in [-0.15, -0.1) is 11.8 Å². The lowest BCUT2D eigenvalue weighted by Gasteiger charge is -2.06. The van der Waals surface area contributed by atoms with E-state index >= 15 is 0 Å². The van der Waals surface area contributed by atoms with Crippen LogP contribution in [0.15, 0.2) is 48.5 Å². The number of halogens is 2. The van der Waals surface area contributed by atoms with Crippen molar-refractivity contribution in [3.8, 4) is 0 Å². The van der Waals surface area contributed by atoms with Gasteiger partial charge in [0.1, 0.15) is 0 Å². The van der Waals surface area contributed by atoms with E-state index in [2.05, 4.69) is 17.4 Å². The first-order valence-electron chi connectivity index (χ1n) is 6.97. The summed E-state index contributed by atoms with van der Waals surface area (Å²) >= 11 is 13.4. The van der Waals surface area contributed by atoms with E-state index < -0.39 is 0 Å². The fourth-order valence-corrected chi connectivity index (χ4v) is 3.06. The van der Waals surface area contributed by atoms with Gasteiger partial charge in [-0.25, -0.2) is 0 Å². The van der Waals surface area contributed by atoms with Gasteiger partial charge in [0.2, 0.25) is 5.91 Å². The third kappa shape index (κ3) is 5.91. The number of benzene rings is 2. The molecule has 2 nitrogen and oxygen atoms in total. The summed E-state index contributed by atoms with van der Waals surface area (Å²) in [5.41, 5.74) is 2.29. The lowest BCUT2D eigenvalue weighted by Crippen LogP contribution is -2.27. The molecule has 0 saturated carbocycles. The van der Waals surface area contributed by atoms with Gasteiger partial charge in [0, 0.05) is 12.3 Å². The molecule has 0 unspecified atom stereocenters. The van der Waals surface area contributed by atoms with E-state index in [-0.39, 0.29) is 5.91 Å². The number of rotatable bonds is 7. The lowest BCUT2D eigenvalue weighted by atomic mass is 10.1. The van der Waals surface area contributed by atoms with E-state index in [0.717, 1.165) is 17.7 Å². The zero-order valence-corrected chi connectivity index (χ0v) is 14.3. The van der Waals surface area contributed by atoms with Crippen molar-refractivity contribution in [1.82, 2.24) is 5.32 Å². The fraction of sp³-hybridized carbons (Fsp3) is 0.235. The molecule has 0 spiro atoms. The van der Waals surface area contributed by atoms with Gasteiger partial charge in [-0.05, 0) is 29.7 Å². The largest absolute Gasteiger partial charge is 0.355 e. The van der Waals surface area contributed by atoms with Gasteiger partial charge in [-0.1, -0.05) is 59.6 Å². The predicted molar refractivity (Wildman–Crippen MR) is 95.8 cm³/mol. The van der Waals surface area contributed by atoms with Crippen molar-refractivity contribution in [1.29, 1.82) is 0 Å². The highest BCUT2D eigenvalue weighted by Gasteiger charge is 2.03.